The van der Waals surface area contributed by atoms with E-state index in [-0.39, 0.29) is 11.7 Å². The number of methoxy groups -OCH3 is 1. The number of halogens is 1. The van der Waals surface area contributed by atoms with Gasteiger partial charge in [-0.25, -0.2) is 4.39 Å². The maximum Gasteiger partial charge on any atom is 0.265 e. The van der Waals surface area contributed by atoms with Gasteiger partial charge in [-0.2, -0.15) is 0 Å². The van der Waals surface area contributed by atoms with Crippen molar-refractivity contribution in [2.24, 2.45) is 0 Å². The Labute approximate surface area is 128 Å². The van der Waals surface area contributed by atoms with Crippen LogP contribution in [-0.4, -0.2) is 19.1 Å². The van der Waals surface area contributed by atoms with Gasteiger partial charge in [0.1, 0.15) is 17.3 Å². The summed E-state index contributed by atoms with van der Waals surface area (Å²) in [4.78, 5) is 12.2. The van der Waals surface area contributed by atoms with Crippen LogP contribution in [0, 0.1) is 5.82 Å². The van der Waals surface area contributed by atoms with Gasteiger partial charge in [-0.05, 0) is 42.8 Å². The highest BCUT2D eigenvalue weighted by molar-refractivity contribution is 5.94. The summed E-state index contributed by atoms with van der Waals surface area (Å²) < 4.78 is 23.7. The molecule has 0 heterocycles. The average molecular weight is 303 g/mol. The summed E-state index contributed by atoms with van der Waals surface area (Å²) in [6.07, 6.45) is -0.137. The first kappa shape index (κ1) is 15.8. The first-order valence-electron chi connectivity index (χ1n) is 6.99. The fourth-order valence-electron chi connectivity index (χ4n) is 1.92. The highest BCUT2D eigenvalue weighted by Crippen LogP contribution is 2.21. The lowest BCUT2D eigenvalue weighted by Gasteiger charge is -2.17. The van der Waals surface area contributed by atoms with Crippen LogP contribution in [0.15, 0.2) is 48.5 Å². The van der Waals surface area contributed by atoms with Crippen molar-refractivity contribution in [2.75, 3.05) is 12.4 Å². The monoisotopic (exact) mass is 303 g/mol. The molecule has 0 aliphatic rings. The summed E-state index contributed by atoms with van der Waals surface area (Å²) in [5.74, 6) is 0.585. The van der Waals surface area contributed by atoms with Crippen LogP contribution in [0.25, 0.3) is 0 Å². The third-order valence-corrected chi connectivity index (χ3v) is 3.09. The minimum atomic E-state index is -0.642. The molecule has 0 fully saturated rings. The van der Waals surface area contributed by atoms with E-state index >= 15 is 0 Å². The van der Waals surface area contributed by atoms with Crippen LogP contribution in [0.3, 0.4) is 0 Å². The third kappa shape index (κ3) is 4.22. The summed E-state index contributed by atoms with van der Waals surface area (Å²) in [6.45, 7) is 1.86. The first-order valence-corrected chi connectivity index (χ1v) is 6.99. The van der Waals surface area contributed by atoms with Crippen LogP contribution >= 0.6 is 0 Å². The Morgan fingerprint density at radius 1 is 1.18 bits per heavy atom. The zero-order valence-electron chi connectivity index (χ0n) is 12.5. The van der Waals surface area contributed by atoms with Crippen molar-refractivity contribution in [1.29, 1.82) is 0 Å². The lowest BCUT2D eigenvalue weighted by molar-refractivity contribution is -0.122. The standard InChI is InChI=1S/C17H18FNO3/c1-3-16(22-15-6-4-5-14(11-15)21-2)17(20)19-13-9-7-12(18)8-10-13/h4-11,16H,3H2,1-2H3,(H,19,20)/t16-/m0/s1. The molecule has 0 aromatic heterocycles. The van der Waals surface area contributed by atoms with Crippen molar-refractivity contribution in [3.05, 3.63) is 54.3 Å². The molecule has 0 aliphatic heterocycles. The molecule has 0 saturated carbocycles. The van der Waals surface area contributed by atoms with Gasteiger partial charge in [-0.1, -0.05) is 13.0 Å². The van der Waals surface area contributed by atoms with E-state index in [2.05, 4.69) is 5.32 Å². The van der Waals surface area contributed by atoms with Crippen molar-refractivity contribution in [2.45, 2.75) is 19.4 Å². The number of hydrogen-bond donors (Lipinski definition) is 1. The Kier molecular flexibility index (Phi) is 5.36. The van der Waals surface area contributed by atoms with E-state index in [4.69, 9.17) is 9.47 Å². The van der Waals surface area contributed by atoms with Gasteiger partial charge in [0, 0.05) is 11.8 Å². The largest absolute Gasteiger partial charge is 0.497 e. The Balaban J connectivity index is 2.03. The SMILES string of the molecule is CC[C@H](Oc1cccc(OC)c1)C(=O)Nc1ccc(F)cc1. The number of ether oxygens (including phenoxy) is 2. The molecular weight excluding hydrogens is 285 g/mol. The summed E-state index contributed by atoms with van der Waals surface area (Å²) >= 11 is 0. The number of carbonyl (C=O) groups is 1. The van der Waals surface area contributed by atoms with Gasteiger partial charge in [0.05, 0.1) is 7.11 Å². The van der Waals surface area contributed by atoms with Crippen molar-refractivity contribution in [1.82, 2.24) is 0 Å². The van der Waals surface area contributed by atoms with Crippen molar-refractivity contribution < 1.29 is 18.7 Å². The molecule has 0 aliphatic carbocycles. The summed E-state index contributed by atoms with van der Waals surface area (Å²) in [5.41, 5.74) is 0.527. The van der Waals surface area contributed by atoms with Crippen LogP contribution < -0.4 is 14.8 Å². The molecule has 116 valence electrons. The minimum absolute atomic E-state index is 0.281. The van der Waals surface area contributed by atoms with Crippen LogP contribution in [-0.2, 0) is 4.79 Å². The van der Waals surface area contributed by atoms with Gasteiger partial charge in [-0.15, -0.1) is 0 Å². The number of hydrogen-bond acceptors (Lipinski definition) is 3. The third-order valence-electron chi connectivity index (χ3n) is 3.09. The lowest BCUT2D eigenvalue weighted by Crippen LogP contribution is -2.32. The molecule has 0 bridgehead atoms. The van der Waals surface area contributed by atoms with E-state index in [0.29, 0.717) is 23.6 Å². The Morgan fingerprint density at radius 3 is 2.50 bits per heavy atom. The van der Waals surface area contributed by atoms with Crippen LogP contribution in [0.2, 0.25) is 0 Å². The van der Waals surface area contributed by atoms with Crippen LogP contribution in [0.1, 0.15) is 13.3 Å². The lowest BCUT2D eigenvalue weighted by atomic mass is 10.2. The van der Waals surface area contributed by atoms with Gasteiger partial charge in [0.25, 0.3) is 5.91 Å². The van der Waals surface area contributed by atoms with Crippen molar-refractivity contribution in [3.8, 4) is 11.5 Å². The Bertz CT molecular complexity index is 628. The molecule has 2 aromatic rings. The first-order chi connectivity index (χ1) is 10.6. The molecule has 0 unspecified atom stereocenters. The van der Waals surface area contributed by atoms with Crippen molar-refractivity contribution >= 4 is 11.6 Å². The zero-order chi connectivity index (χ0) is 15.9. The summed E-state index contributed by atoms with van der Waals surface area (Å²) in [6, 6.07) is 12.7. The maximum absolute atomic E-state index is 12.9. The smallest absolute Gasteiger partial charge is 0.265 e. The number of carbonyl (C=O) groups excluding carboxylic acids is 1. The van der Waals surface area contributed by atoms with E-state index in [1.54, 1.807) is 31.4 Å². The molecule has 1 N–H and O–H groups in total. The Hall–Kier alpha value is -2.56. The zero-order valence-corrected chi connectivity index (χ0v) is 12.5. The number of benzene rings is 2. The van der Waals surface area contributed by atoms with E-state index in [1.165, 1.54) is 24.3 Å². The second kappa shape index (κ2) is 7.45. The second-order valence-corrected chi connectivity index (χ2v) is 4.69. The molecule has 0 spiro atoms. The molecule has 0 saturated heterocycles. The van der Waals surface area contributed by atoms with E-state index < -0.39 is 6.10 Å². The van der Waals surface area contributed by atoms with Gasteiger partial charge in [0.15, 0.2) is 6.10 Å². The van der Waals surface area contributed by atoms with Crippen molar-refractivity contribution in [3.63, 3.8) is 0 Å². The molecule has 5 heteroatoms. The van der Waals surface area contributed by atoms with Gasteiger partial charge in [-0.3, -0.25) is 4.79 Å². The molecule has 4 nitrogen and oxygen atoms in total. The van der Waals surface area contributed by atoms with Crippen LogP contribution in [0.5, 0.6) is 11.5 Å². The van der Waals surface area contributed by atoms with E-state index in [1.807, 2.05) is 6.92 Å². The molecule has 0 radical (unpaired) electrons. The highest BCUT2D eigenvalue weighted by atomic mass is 19.1. The normalized spacial score (nSPS) is 11.6. The predicted molar refractivity (Wildman–Crippen MR) is 82.7 cm³/mol. The molecule has 1 atom stereocenters. The number of amides is 1. The second-order valence-electron chi connectivity index (χ2n) is 4.69. The van der Waals surface area contributed by atoms with E-state index in [0.717, 1.165) is 0 Å². The molecular formula is C17H18FNO3. The number of nitrogens with one attached hydrogen (secondary N) is 1. The number of anilines is 1. The average Bonchev–Trinajstić information content (AvgIpc) is 2.54. The molecule has 2 rings (SSSR count). The molecule has 22 heavy (non-hydrogen) atoms. The number of rotatable bonds is 6. The molecule has 2 aromatic carbocycles. The maximum atomic E-state index is 12.9. The van der Waals surface area contributed by atoms with E-state index in [9.17, 15) is 9.18 Å². The summed E-state index contributed by atoms with van der Waals surface area (Å²) in [5, 5.41) is 2.71. The van der Waals surface area contributed by atoms with Gasteiger partial charge >= 0.3 is 0 Å². The fraction of sp³-hybridized carbons (Fsp3) is 0.235. The predicted octanol–water partition coefficient (Wildman–Crippen LogP) is 3.63. The topological polar surface area (TPSA) is 47.6 Å². The van der Waals surface area contributed by atoms with Gasteiger partial charge < -0.3 is 14.8 Å². The fourth-order valence-corrected chi connectivity index (χ4v) is 1.92. The van der Waals surface area contributed by atoms with Gasteiger partial charge in [0.2, 0.25) is 0 Å². The molecule has 1 amide bonds. The Morgan fingerprint density at radius 2 is 1.86 bits per heavy atom. The van der Waals surface area contributed by atoms with Crippen LogP contribution in [0.4, 0.5) is 10.1 Å². The minimum Gasteiger partial charge on any atom is -0.497 e. The highest BCUT2D eigenvalue weighted by Gasteiger charge is 2.18. The summed E-state index contributed by atoms with van der Waals surface area (Å²) in [7, 11) is 1.57. The quantitative estimate of drug-likeness (QED) is 0.886.